The molecule has 0 aliphatic carbocycles. The van der Waals surface area contributed by atoms with E-state index in [-0.39, 0.29) is 0 Å². The standard InChI is InChI=1S/C16H15BrO5/c1-19-13-8-10(9-14(20-2)15(13)21-3)16(18)22-12-7-5-4-6-11(12)17/h4-9H,1-3H3. The number of benzene rings is 2. The Kier molecular flexibility index (Phi) is 5.27. The molecule has 0 aliphatic rings. The third kappa shape index (κ3) is 3.33. The van der Waals surface area contributed by atoms with Crippen molar-refractivity contribution in [2.45, 2.75) is 0 Å². The molecule has 6 heteroatoms. The molecule has 2 aromatic carbocycles. The van der Waals surface area contributed by atoms with Crippen LogP contribution in [0.5, 0.6) is 23.0 Å². The number of hydrogen-bond acceptors (Lipinski definition) is 5. The van der Waals surface area contributed by atoms with Gasteiger partial charge in [0.15, 0.2) is 11.5 Å². The highest BCUT2D eigenvalue weighted by Gasteiger charge is 2.18. The van der Waals surface area contributed by atoms with Crippen molar-refractivity contribution in [1.82, 2.24) is 0 Å². The molecular weight excluding hydrogens is 352 g/mol. The Labute approximate surface area is 136 Å². The molecule has 0 unspecified atom stereocenters. The number of esters is 1. The number of hydrogen-bond donors (Lipinski definition) is 0. The third-order valence-corrected chi connectivity index (χ3v) is 3.59. The molecule has 2 rings (SSSR count). The molecule has 0 radical (unpaired) electrons. The molecule has 0 spiro atoms. The van der Waals surface area contributed by atoms with Crippen LogP contribution < -0.4 is 18.9 Å². The SMILES string of the molecule is COc1cc(C(=O)Oc2ccccc2Br)cc(OC)c1OC. The van der Waals surface area contributed by atoms with Gasteiger partial charge in [-0.15, -0.1) is 0 Å². The van der Waals surface area contributed by atoms with E-state index in [4.69, 9.17) is 18.9 Å². The first-order valence-corrected chi connectivity index (χ1v) is 7.16. The van der Waals surface area contributed by atoms with Crippen molar-refractivity contribution in [2.75, 3.05) is 21.3 Å². The number of carbonyl (C=O) groups is 1. The summed E-state index contributed by atoms with van der Waals surface area (Å²) in [7, 11) is 4.47. The molecular formula is C16H15BrO5. The zero-order valence-corrected chi connectivity index (χ0v) is 14.0. The Hall–Kier alpha value is -2.21. The highest BCUT2D eigenvalue weighted by Crippen LogP contribution is 2.38. The van der Waals surface area contributed by atoms with Gasteiger partial charge >= 0.3 is 5.97 Å². The highest BCUT2D eigenvalue weighted by atomic mass is 79.9. The van der Waals surface area contributed by atoms with Crippen LogP contribution in [-0.2, 0) is 0 Å². The quantitative estimate of drug-likeness (QED) is 0.596. The van der Waals surface area contributed by atoms with Gasteiger partial charge in [-0.3, -0.25) is 0 Å². The van der Waals surface area contributed by atoms with Gasteiger partial charge in [-0.25, -0.2) is 4.79 Å². The zero-order chi connectivity index (χ0) is 16.1. The van der Waals surface area contributed by atoms with Gasteiger partial charge in [0.05, 0.1) is 31.4 Å². The number of carbonyl (C=O) groups excluding carboxylic acids is 1. The Morgan fingerprint density at radius 2 is 1.50 bits per heavy atom. The van der Waals surface area contributed by atoms with E-state index in [9.17, 15) is 4.79 Å². The smallest absolute Gasteiger partial charge is 0.343 e. The average molecular weight is 367 g/mol. The van der Waals surface area contributed by atoms with Gasteiger partial charge in [0, 0.05) is 0 Å². The normalized spacial score (nSPS) is 10.0. The molecule has 0 atom stereocenters. The molecule has 0 N–H and O–H groups in total. The lowest BCUT2D eigenvalue weighted by Crippen LogP contribution is -2.10. The summed E-state index contributed by atoms with van der Waals surface area (Å²) >= 11 is 3.33. The van der Waals surface area contributed by atoms with Crippen LogP contribution in [0.3, 0.4) is 0 Å². The van der Waals surface area contributed by atoms with Crippen LogP contribution in [0.1, 0.15) is 10.4 Å². The van der Waals surface area contributed by atoms with Crippen molar-refractivity contribution in [3.63, 3.8) is 0 Å². The van der Waals surface area contributed by atoms with E-state index in [1.165, 1.54) is 21.3 Å². The maximum Gasteiger partial charge on any atom is 0.343 e. The molecule has 5 nitrogen and oxygen atoms in total. The Bertz CT molecular complexity index is 659. The van der Waals surface area contributed by atoms with Crippen LogP contribution in [-0.4, -0.2) is 27.3 Å². The fourth-order valence-electron chi connectivity index (χ4n) is 1.89. The number of methoxy groups -OCH3 is 3. The topological polar surface area (TPSA) is 54.0 Å². The van der Waals surface area contributed by atoms with Crippen molar-refractivity contribution in [3.05, 3.63) is 46.4 Å². The molecule has 116 valence electrons. The largest absolute Gasteiger partial charge is 0.493 e. The summed E-state index contributed by atoms with van der Waals surface area (Å²) in [5, 5.41) is 0. The van der Waals surface area contributed by atoms with Crippen molar-refractivity contribution < 1.29 is 23.7 Å². The van der Waals surface area contributed by atoms with Gasteiger partial charge in [0.1, 0.15) is 5.75 Å². The second-order valence-electron chi connectivity index (χ2n) is 4.23. The molecule has 0 bridgehead atoms. The van der Waals surface area contributed by atoms with E-state index in [0.717, 1.165) is 0 Å². The predicted molar refractivity (Wildman–Crippen MR) is 85.2 cm³/mol. The van der Waals surface area contributed by atoms with E-state index in [2.05, 4.69) is 15.9 Å². The lowest BCUT2D eigenvalue weighted by atomic mass is 10.2. The van der Waals surface area contributed by atoms with Crippen LogP contribution in [0.2, 0.25) is 0 Å². The monoisotopic (exact) mass is 366 g/mol. The maximum absolute atomic E-state index is 12.3. The predicted octanol–water partition coefficient (Wildman–Crippen LogP) is 3.69. The van der Waals surface area contributed by atoms with Gasteiger partial charge in [0.2, 0.25) is 5.75 Å². The molecule has 0 heterocycles. The summed E-state index contributed by atoms with van der Waals surface area (Å²) in [5.74, 6) is 1.11. The van der Waals surface area contributed by atoms with Crippen LogP contribution >= 0.6 is 15.9 Å². The zero-order valence-electron chi connectivity index (χ0n) is 12.4. The number of halogens is 1. The molecule has 0 amide bonds. The summed E-state index contributed by atoms with van der Waals surface area (Å²) in [6.45, 7) is 0. The molecule has 2 aromatic rings. The van der Waals surface area contributed by atoms with E-state index < -0.39 is 5.97 Å². The molecule has 0 aromatic heterocycles. The minimum atomic E-state index is -0.522. The van der Waals surface area contributed by atoms with Crippen LogP contribution in [0.4, 0.5) is 0 Å². The summed E-state index contributed by atoms with van der Waals surface area (Å²) < 4.78 is 21.7. The molecule has 0 saturated heterocycles. The van der Waals surface area contributed by atoms with E-state index in [1.807, 2.05) is 6.07 Å². The summed E-state index contributed by atoms with van der Waals surface area (Å²) in [6.07, 6.45) is 0. The molecule has 0 saturated carbocycles. The average Bonchev–Trinajstić information content (AvgIpc) is 2.55. The minimum absolute atomic E-state index is 0.297. The highest BCUT2D eigenvalue weighted by molar-refractivity contribution is 9.10. The van der Waals surface area contributed by atoms with Crippen LogP contribution in [0, 0.1) is 0 Å². The van der Waals surface area contributed by atoms with Crippen LogP contribution in [0.25, 0.3) is 0 Å². The fraction of sp³-hybridized carbons (Fsp3) is 0.188. The van der Waals surface area contributed by atoms with Crippen molar-refractivity contribution in [1.29, 1.82) is 0 Å². The third-order valence-electron chi connectivity index (χ3n) is 2.94. The lowest BCUT2D eigenvalue weighted by molar-refractivity contribution is 0.0732. The Morgan fingerprint density at radius 1 is 0.909 bits per heavy atom. The second kappa shape index (κ2) is 7.17. The van der Waals surface area contributed by atoms with Crippen molar-refractivity contribution >= 4 is 21.9 Å². The molecule has 0 aliphatic heterocycles. The lowest BCUT2D eigenvalue weighted by Gasteiger charge is -2.14. The van der Waals surface area contributed by atoms with E-state index in [1.54, 1.807) is 30.3 Å². The summed E-state index contributed by atoms with van der Waals surface area (Å²) in [4.78, 5) is 12.3. The van der Waals surface area contributed by atoms with Gasteiger partial charge in [0.25, 0.3) is 0 Å². The van der Waals surface area contributed by atoms with Gasteiger partial charge in [-0.1, -0.05) is 12.1 Å². The minimum Gasteiger partial charge on any atom is -0.493 e. The van der Waals surface area contributed by atoms with E-state index >= 15 is 0 Å². The first kappa shape index (κ1) is 16.2. The van der Waals surface area contributed by atoms with Crippen LogP contribution in [0.15, 0.2) is 40.9 Å². The second-order valence-corrected chi connectivity index (χ2v) is 5.09. The van der Waals surface area contributed by atoms with E-state index in [0.29, 0.717) is 33.0 Å². The first-order valence-electron chi connectivity index (χ1n) is 6.37. The first-order chi connectivity index (χ1) is 10.6. The van der Waals surface area contributed by atoms with Crippen molar-refractivity contribution in [2.24, 2.45) is 0 Å². The maximum atomic E-state index is 12.3. The number of rotatable bonds is 5. The molecule has 22 heavy (non-hydrogen) atoms. The van der Waals surface area contributed by atoms with Crippen molar-refractivity contribution in [3.8, 4) is 23.0 Å². The Balaban J connectivity index is 2.36. The number of para-hydroxylation sites is 1. The Morgan fingerprint density at radius 3 is 2.00 bits per heavy atom. The number of ether oxygens (including phenoxy) is 4. The molecule has 0 fully saturated rings. The van der Waals surface area contributed by atoms with Gasteiger partial charge < -0.3 is 18.9 Å². The summed E-state index contributed by atoms with van der Waals surface area (Å²) in [6, 6.07) is 10.2. The van der Waals surface area contributed by atoms with Gasteiger partial charge in [-0.05, 0) is 40.2 Å². The fourth-order valence-corrected chi connectivity index (χ4v) is 2.25. The van der Waals surface area contributed by atoms with Gasteiger partial charge in [-0.2, -0.15) is 0 Å². The summed E-state index contributed by atoms with van der Waals surface area (Å²) in [5.41, 5.74) is 0.297.